The van der Waals surface area contributed by atoms with Crippen molar-refractivity contribution in [1.82, 2.24) is 9.97 Å². The highest BCUT2D eigenvalue weighted by Crippen LogP contribution is 2.12. The summed E-state index contributed by atoms with van der Waals surface area (Å²) in [5, 5.41) is 0. The van der Waals surface area contributed by atoms with E-state index in [9.17, 15) is 0 Å². The molecule has 2 nitrogen and oxygen atoms in total. The number of aryl methyl sites for hydroxylation is 2. The van der Waals surface area contributed by atoms with Crippen LogP contribution in [-0.2, 0) is 6.42 Å². The maximum Gasteiger partial charge on any atom is 0.116 e. The van der Waals surface area contributed by atoms with Crippen LogP contribution >= 0.6 is 0 Å². The molecule has 0 aliphatic heterocycles. The number of rotatable bonds is 3. The van der Waals surface area contributed by atoms with Crippen molar-refractivity contribution >= 4 is 12.2 Å². The molecule has 0 N–H and O–H groups in total. The summed E-state index contributed by atoms with van der Waals surface area (Å²) in [6, 6.07) is 11.1. The number of benzene rings is 1. The number of hydrogen-bond acceptors (Lipinski definition) is 2. The molecule has 0 unspecified atom stereocenters. The van der Waals surface area contributed by atoms with Gasteiger partial charge in [-0.1, -0.05) is 31.2 Å². The van der Waals surface area contributed by atoms with Crippen molar-refractivity contribution in [3.05, 3.63) is 59.2 Å². The minimum Gasteiger partial charge on any atom is -0.242 e. The van der Waals surface area contributed by atoms with Crippen LogP contribution in [0, 0.1) is 13.0 Å². The highest BCUT2D eigenvalue weighted by atomic mass is 14.8. The van der Waals surface area contributed by atoms with Crippen LogP contribution in [0.15, 0.2) is 30.6 Å². The van der Waals surface area contributed by atoms with Crippen LogP contribution in [0.5, 0.6) is 0 Å². The summed E-state index contributed by atoms with van der Waals surface area (Å²) in [4.78, 5) is 8.28. The van der Waals surface area contributed by atoms with E-state index in [-0.39, 0.29) is 0 Å². The van der Waals surface area contributed by atoms with E-state index in [1.807, 2.05) is 31.2 Å². The number of hydrogen-bond donors (Lipinski definition) is 0. The predicted molar refractivity (Wildman–Crippen MR) is 70.4 cm³/mol. The first-order chi connectivity index (χ1) is 8.29. The third-order valence-electron chi connectivity index (χ3n) is 2.63. The average Bonchev–Trinajstić information content (AvgIpc) is 2.37. The van der Waals surface area contributed by atoms with Crippen LogP contribution in [0.3, 0.4) is 0 Å². The molecule has 0 bridgehead atoms. The maximum absolute atomic E-state index is 4.20. The second kappa shape index (κ2) is 5.39. The monoisotopic (exact) mass is 223 g/mol. The van der Waals surface area contributed by atoms with Crippen LogP contribution in [-0.4, -0.2) is 9.97 Å². The summed E-state index contributed by atoms with van der Waals surface area (Å²) in [7, 11) is 0. The molecule has 0 saturated heterocycles. The molecule has 2 heteroatoms. The van der Waals surface area contributed by atoms with E-state index in [0.29, 0.717) is 0 Å². The summed E-state index contributed by atoms with van der Waals surface area (Å²) < 4.78 is 0. The minimum absolute atomic E-state index is 0.937. The van der Waals surface area contributed by atoms with Crippen molar-refractivity contribution in [2.45, 2.75) is 20.3 Å². The zero-order valence-corrected chi connectivity index (χ0v) is 10.1. The third-order valence-corrected chi connectivity index (χ3v) is 2.63. The zero-order valence-electron chi connectivity index (χ0n) is 10.1. The lowest BCUT2D eigenvalue weighted by molar-refractivity contribution is 1.09. The lowest BCUT2D eigenvalue weighted by Gasteiger charge is -2.01. The highest BCUT2D eigenvalue weighted by Gasteiger charge is 1.96. The fourth-order valence-electron chi connectivity index (χ4n) is 1.69. The van der Waals surface area contributed by atoms with Gasteiger partial charge >= 0.3 is 0 Å². The highest BCUT2D eigenvalue weighted by molar-refractivity contribution is 5.69. The lowest BCUT2D eigenvalue weighted by Crippen LogP contribution is -1.87. The van der Waals surface area contributed by atoms with Gasteiger partial charge in [-0.25, -0.2) is 9.97 Å². The zero-order chi connectivity index (χ0) is 12.1. The van der Waals surface area contributed by atoms with Crippen molar-refractivity contribution in [1.29, 1.82) is 0 Å². The molecule has 1 aromatic heterocycles. The Labute approximate surface area is 102 Å². The predicted octanol–water partition coefficient (Wildman–Crippen LogP) is 3.32. The molecule has 0 spiro atoms. The largest absolute Gasteiger partial charge is 0.242 e. The van der Waals surface area contributed by atoms with Gasteiger partial charge in [0, 0.05) is 5.69 Å². The Morgan fingerprint density at radius 1 is 1.29 bits per heavy atom. The van der Waals surface area contributed by atoms with E-state index in [1.54, 1.807) is 6.33 Å². The number of aromatic nitrogens is 2. The summed E-state index contributed by atoms with van der Waals surface area (Å²) in [6.45, 7) is 4.11. The molecule has 85 valence electrons. The van der Waals surface area contributed by atoms with E-state index in [1.165, 1.54) is 11.1 Å². The van der Waals surface area contributed by atoms with E-state index in [4.69, 9.17) is 0 Å². The van der Waals surface area contributed by atoms with Gasteiger partial charge in [-0.15, -0.1) is 0 Å². The van der Waals surface area contributed by atoms with Crippen LogP contribution < -0.4 is 0 Å². The topological polar surface area (TPSA) is 25.8 Å². The summed E-state index contributed by atoms with van der Waals surface area (Å²) >= 11 is 0. The van der Waals surface area contributed by atoms with E-state index < -0.39 is 0 Å². The molecule has 1 aromatic carbocycles. The van der Waals surface area contributed by atoms with Gasteiger partial charge in [0.1, 0.15) is 6.33 Å². The SMILES string of the molecule is CCc1c[c]ccc1C=Cc1cc(C)ncn1. The van der Waals surface area contributed by atoms with Crippen molar-refractivity contribution < 1.29 is 0 Å². The van der Waals surface area contributed by atoms with Crippen molar-refractivity contribution in [3.63, 3.8) is 0 Å². The van der Waals surface area contributed by atoms with Gasteiger partial charge in [0.05, 0.1) is 5.69 Å². The van der Waals surface area contributed by atoms with Crippen LogP contribution in [0.1, 0.15) is 29.4 Å². The molecule has 1 radical (unpaired) electrons. The van der Waals surface area contributed by atoms with Gasteiger partial charge in [0.15, 0.2) is 0 Å². The first-order valence-corrected chi connectivity index (χ1v) is 5.75. The summed E-state index contributed by atoms with van der Waals surface area (Å²) in [5.41, 5.74) is 4.45. The van der Waals surface area contributed by atoms with Crippen LogP contribution in [0.4, 0.5) is 0 Å². The van der Waals surface area contributed by atoms with Crippen molar-refractivity contribution in [2.75, 3.05) is 0 Å². The van der Waals surface area contributed by atoms with Gasteiger partial charge < -0.3 is 0 Å². The molecular weight excluding hydrogens is 208 g/mol. The molecule has 17 heavy (non-hydrogen) atoms. The Kier molecular flexibility index (Phi) is 3.66. The Balaban J connectivity index is 2.26. The Morgan fingerprint density at radius 3 is 2.94 bits per heavy atom. The second-order valence-electron chi connectivity index (χ2n) is 3.90. The molecule has 0 saturated carbocycles. The second-order valence-corrected chi connectivity index (χ2v) is 3.90. The molecule has 0 aliphatic rings. The van der Waals surface area contributed by atoms with Crippen LogP contribution in [0.25, 0.3) is 12.2 Å². The van der Waals surface area contributed by atoms with Crippen molar-refractivity contribution in [3.8, 4) is 0 Å². The van der Waals surface area contributed by atoms with Gasteiger partial charge in [0.25, 0.3) is 0 Å². The smallest absolute Gasteiger partial charge is 0.116 e. The quantitative estimate of drug-likeness (QED) is 0.797. The van der Waals surface area contributed by atoms with Crippen molar-refractivity contribution in [2.24, 2.45) is 0 Å². The first kappa shape index (κ1) is 11.5. The Morgan fingerprint density at radius 2 is 2.18 bits per heavy atom. The number of nitrogens with zero attached hydrogens (tertiary/aromatic N) is 2. The first-order valence-electron chi connectivity index (χ1n) is 5.75. The lowest BCUT2D eigenvalue weighted by atomic mass is 10.0. The third kappa shape index (κ3) is 3.00. The minimum atomic E-state index is 0.937. The molecule has 0 aliphatic carbocycles. The maximum atomic E-state index is 4.20. The van der Waals surface area contributed by atoms with Gasteiger partial charge in [0.2, 0.25) is 0 Å². The summed E-state index contributed by atoms with van der Waals surface area (Å²) in [6.07, 6.45) is 6.71. The molecule has 0 atom stereocenters. The Hall–Kier alpha value is -1.96. The van der Waals surface area contributed by atoms with E-state index in [2.05, 4.69) is 35.1 Å². The van der Waals surface area contributed by atoms with Gasteiger partial charge in [-0.05, 0) is 42.7 Å². The average molecular weight is 223 g/mol. The molecule has 2 aromatic rings. The molecule has 1 heterocycles. The van der Waals surface area contributed by atoms with Gasteiger partial charge in [-0.2, -0.15) is 0 Å². The van der Waals surface area contributed by atoms with Crippen LogP contribution in [0.2, 0.25) is 0 Å². The fraction of sp³-hybridized carbons (Fsp3) is 0.200. The molecule has 2 rings (SSSR count). The molecule has 0 amide bonds. The Bertz CT molecular complexity index is 530. The summed E-state index contributed by atoms with van der Waals surface area (Å²) in [5.74, 6) is 0. The normalized spacial score (nSPS) is 10.9. The van der Waals surface area contributed by atoms with Gasteiger partial charge in [-0.3, -0.25) is 0 Å². The molecule has 0 fully saturated rings. The van der Waals surface area contributed by atoms with E-state index in [0.717, 1.165) is 17.8 Å². The fourth-order valence-corrected chi connectivity index (χ4v) is 1.69. The standard InChI is InChI=1S/C15H15N2/c1-3-13-6-4-5-7-14(13)8-9-15-10-12(2)16-11-17-15/h5-11H,3H2,1-2H3. The van der Waals surface area contributed by atoms with E-state index >= 15 is 0 Å². The molecular formula is C15H15N2.